The molecule has 0 N–H and O–H groups in total. The summed E-state index contributed by atoms with van der Waals surface area (Å²) < 4.78 is 6.99. The van der Waals surface area contributed by atoms with Gasteiger partial charge in [-0.2, -0.15) is 5.10 Å². The summed E-state index contributed by atoms with van der Waals surface area (Å²) in [5.41, 5.74) is 2.51. The Hall–Kier alpha value is -2.63. The predicted molar refractivity (Wildman–Crippen MR) is 86.6 cm³/mol. The van der Waals surface area contributed by atoms with Gasteiger partial charge in [-0.3, -0.25) is 4.79 Å². The SMILES string of the molecule is Cc1nn(-c2ccccc2)c(C)c1C(=O)O[C@@H](C)C(=O)N(C)C. The van der Waals surface area contributed by atoms with Crippen molar-refractivity contribution in [2.45, 2.75) is 26.9 Å². The summed E-state index contributed by atoms with van der Waals surface area (Å²) in [5.74, 6) is -0.797. The number of rotatable bonds is 4. The maximum Gasteiger partial charge on any atom is 0.342 e. The van der Waals surface area contributed by atoms with Crippen LogP contribution in [0.4, 0.5) is 0 Å². The van der Waals surface area contributed by atoms with Crippen LogP contribution < -0.4 is 0 Å². The highest BCUT2D eigenvalue weighted by atomic mass is 16.5. The molecule has 122 valence electrons. The van der Waals surface area contributed by atoms with Crippen LogP contribution in [-0.2, 0) is 9.53 Å². The Labute approximate surface area is 135 Å². The second-order valence-corrected chi connectivity index (χ2v) is 5.57. The van der Waals surface area contributed by atoms with Gasteiger partial charge < -0.3 is 9.64 Å². The minimum atomic E-state index is -0.837. The summed E-state index contributed by atoms with van der Waals surface area (Å²) in [6.45, 7) is 5.12. The summed E-state index contributed by atoms with van der Waals surface area (Å²) in [4.78, 5) is 25.7. The Kier molecular flexibility index (Phi) is 4.83. The molecule has 0 saturated heterocycles. The number of para-hydroxylation sites is 1. The van der Waals surface area contributed by atoms with Gasteiger partial charge in [0.1, 0.15) is 5.56 Å². The highest BCUT2D eigenvalue weighted by Crippen LogP contribution is 2.19. The number of carbonyl (C=O) groups is 2. The molecule has 0 radical (unpaired) electrons. The average Bonchev–Trinajstić information content (AvgIpc) is 2.82. The highest BCUT2D eigenvalue weighted by Gasteiger charge is 2.25. The van der Waals surface area contributed by atoms with Gasteiger partial charge in [-0.05, 0) is 32.9 Å². The van der Waals surface area contributed by atoms with Gasteiger partial charge in [0.05, 0.1) is 17.1 Å². The molecule has 1 heterocycles. The van der Waals surface area contributed by atoms with E-state index in [0.717, 1.165) is 5.69 Å². The van der Waals surface area contributed by atoms with Crippen LogP contribution in [0.3, 0.4) is 0 Å². The van der Waals surface area contributed by atoms with E-state index in [1.165, 1.54) is 4.90 Å². The quantitative estimate of drug-likeness (QED) is 0.811. The molecule has 2 rings (SSSR count). The average molecular weight is 315 g/mol. The van der Waals surface area contributed by atoms with Gasteiger partial charge in [0, 0.05) is 14.1 Å². The van der Waals surface area contributed by atoms with Crippen molar-refractivity contribution < 1.29 is 14.3 Å². The molecule has 1 aromatic heterocycles. The third-order valence-electron chi connectivity index (χ3n) is 3.57. The van der Waals surface area contributed by atoms with E-state index in [1.807, 2.05) is 37.3 Å². The van der Waals surface area contributed by atoms with Crippen molar-refractivity contribution in [3.63, 3.8) is 0 Å². The zero-order valence-electron chi connectivity index (χ0n) is 14.0. The molecule has 1 amide bonds. The molecule has 2 aromatic rings. The summed E-state index contributed by atoms with van der Waals surface area (Å²) >= 11 is 0. The number of esters is 1. The largest absolute Gasteiger partial charge is 0.449 e. The molecule has 6 nitrogen and oxygen atoms in total. The number of hydrogen-bond donors (Lipinski definition) is 0. The van der Waals surface area contributed by atoms with Gasteiger partial charge in [-0.25, -0.2) is 9.48 Å². The van der Waals surface area contributed by atoms with E-state index in [2.05, 4.69) is 5.10 Å². The lowest BCUT2D eigenvalue weighted by Gasteiger charge is -2.17. The molecular weight excluding hydrogens is 294 g/mol. The number of hydrogen-bond acceptors (Lipinski definition) is 4. The number of aryl methyl sites for hydroxylation is 1. The van der Waals surface area contributed by atoms with Crippen molar-refractivity contribution in [1.82, 2.24) is 14.7 Å². The third-order valence-corrected chi connectivity index (χ3v) is 3.57. The van der Waals surface area contributed by atoms with Crippen LogP contribution in [0.1, 0.15) is 28.7 Å². The molecule has 0 aliphatic carbocycles. The monoisotopic (exact) mass is 315 g/mol. The van der Waals surface area contributed by atoms with Crippen molar-refractivity contribution >= 4 is 11.9 Å². The first-order valence-corrected chi connectivity index (χ1v) is 7.36. The number of ether oxygens (including phenoxy) is 1. The zero-order chi connectivity index (χ0) is 17.1. The topological polar surface area (TPSA) is 64.4 Å². The number of likely N-dealkylation sites (N-methyl/N-ethyl adjacent to an activating group) is 1. The lowest BCUT2D eigenvalue weighted by Crippen LogP contribution is -2.35. The minimum Gasteiger partial charge on any atom is -0.449 e. The standard InChI is InChI=1S/C17H21N3O3/c1-11-15(17(22)23-13(3)16(21)19(4)5)12(2)20(18-11)14-9-7-6-8-10-14/h6-10,13H,1-5H3/t13-/m0/s1. The fraction of sp³-hybridized carbons (Fsp3) is 0.353. The van der Waals surface area contributed by atoms with E-state index in [0.29, 0.717) is 17.0 Å². The lowest BCUT2D eigenvalue weighted by atomic mass is 10.2. The van der Waals surface area contributed by atoms with Gasteiger partial charge in [0.2, 0.25) is 0 Å². The zero-order valence-corrected chi connectivity index (χ0v) is 14.0. The maximum absolute atomic E-state index is 12.4. The van der Waals surface area contributed by atoms with E-state index in [1.54, 1.807) is 32.6 Å². The van der Waals surface area contributed by atoms with E-state index in [-0.39, 0.29) is 5.91 Å². The van der Waals surface area contributed by atoms with Crippen LogP contribution >= 0.6 is 0 Å². The highest BCUT2D eigenvalue weighted by molar-refractivity contribution is 5.94. The second kappa shape index (κ2) is 6.64. The van der Waals surface area contributed by atoms with Gasteiger partial charge in [-0.1, -0.05) is 18.2 Å². The summed E-state index contributed by atoms with van der Waals surface area (Å²) in [6.07, 6.45) is -0.837. The van der Waals surface area contributed by atoms with E-state index < -0.39 is 12.1 Å². The Bertz CT molecular complexity index is 720. The number of carbonyl (C=O) groups excluding carboxylic acids is 2. The Morgan fingerprint density at radius 2 is 1.78 bits per heavy atom. The van der Waals surface area contributed by atoms with Crippen LogP contribution in [0.25, 0.3) is 5.69 Å². The Morgan fingerprint density at radius 3 is 2.35 bits per heavy atom. The fourth-order valence-electron chi connectivity index (χ4n) is 2.39. The van der Waals surface area contributed by atoms with Gasteiger partial charge in [0.15, 0.2) is 6.10 Å². The second-order valence-electron chi connectivity index (χ2n) is 5.57. The van der Waals surface area contributed by atoms with Crippen molar-refractivity contribution in [3.05, 3.63) is 47.3 Å². The van der Waals surface area contributed by atoms with Crippen molar-refractivity contribution in [3.8, 4) is 5.69 Å². The van der Waals surface area contributed by atoms with Gasteiger partial charge >= 0.3 is 5.97 Å². The number of aromatic nitrogens is 2. The summed E-state index contributed by atoms with van der Waals surface area (Å²) in [6, 6.07) is 9.54. The van der Waals surface area contributed by atoms with Gasteiger partial charge in [0.25, 0.3) is 5.91 Å². The van der Waals surface area contributed by atoms with Crippen LogP contribution in [0.5, 0.6) is 0 Å². The molecule has 1 atom stereocenters. The number of benzene rings is 1. The lowest BCUT2D eigenvalue weighted by molar-refractivity contribution is -0.137. The molecule has 0 fully saturated rings. The minimum absolute atomic E-state index is 0.260. The van der Waals surface area contributed by atoms with Crippen molar-refractivity contribution in [1.29, 1.82) is 0 Å². The summed E-state index contributed by atoms with van der Waals surface area (Å²) in [7, 11) is 3.24. The first kappa shape index (κ1) is 16.7. The molecule has 0 spiro atoms. The molecule has 0 aliphatic heterocycles. The van der Waals surface area contributed by atoms with Crippen LogP contribution in [0, 0.1) is 13.8 Å². The third kappa shape index (κ3) is 3.41. The fourth-order valence-corrected chi connectivity index (χ4v) is 2.39. The van der Waals surface area contributed by atoms with Crippen LogP contribution in [0.15, 0.2) is 30.3 Å². The first-order valence-electron chi connectivity index (χ1n) is 7.36. The van der Waals surface area contributed by atoms with Crippen LogP contribution in [-0.4, -0.2) is 46.8 Å². The number of amides is 1. The first-order chi connectivity index (χ1) is 10.8. The molecule has 0 aliphatic rings. The molecule has 0 bridgehead atoms. The van der Waals surface area contributed by atoms with E-state index in [9.17, 15) is 9.59 Å². The molecule has 1 aromatic carbocycles. The maximum atomic E-state index is 12.4. The number of nitrogens with zero attached hydrogens (tertiary/aromatic N) is 3. The normalized spacial score (nSPS) is 11.9. The molecular formula is C17H21N3O3. The van der Waals surface area contributed by atoms with E-state index in [4.69, 9.17) is 4.74 Å². The van der Waals surface area contributed by atoms with Crippen LogP contribution in [0.2, 0.25) is 0 Å². The molecule has 0 unspecified atom stereocenters. The van der Waals surface area contributed by atoms with E-state index >= 15 is 0 Å². The Balaban J connectivity index is 2.29. The Morgan fingerprint density at radius 1 is 1.17 bits per heavy atom. The molecule has 6 heteroatoms. The smallest absolute Gasteiger partial charge is 0.342 e. The van der Waals surface area contributed by atoms with Gasteiger partial charge in [-0.15, -0.1) is 0 Å². The van der Waals surface area contributed by atoms with Crippen molar-refractivity contribution in [2.75, 3.05) is 14.1 Å². The molecule has 0 saturated carbocycles. The summed E-state index contributed by atoms with van der Waals surface area (Å²) in [5, 5.41) is 4.41. The van der Waals surface area contributed by atoms with Crippen molar-refractivity contribution in [2.24, 2.45) is 0 Å². The predicted octanol–water partition coefficient (Wildman–Crippen LogP) is 2.12. The molecule has 23 heavy (non-hydrogen) atoms.